The van der Waals surface area contributed by atoms with Crippen LogP contribution in [0.25, 0.3) is 0 Å². The molecule has 17 atom stereocenters. The summed E-state index contributed by atoms with van der Waals surface area (Å²) >= 11 is 0. The first kappa shape index (κ1) is 55.8. The van der Waals surface area contributed by atoms with E-state index in [9.17, 15) is 24.9 Å². The molecule has 15 aliphatic rings. The number of nitrogens with one attached hydrogen (secondary N) is 3. The number of nitrogens with zero attached hydrogens (tertiary/aromatic N) is 1. The van der Waals surface area contributed by atoms with Crippen LogP contribution < -0.4 is 16.0 Å². The van der Waals surface area contributed by atoms with Gasteiger partial charge < -0.3 is 35.4 Å². The smallest absolute Gasteiger partial charge is 0.340 e. The van der Waals surface area contributed by atoms with E-state index in [4.69, 9.17) is 9.47 Å². The van der Waals surface area contributed by atoms with Gasteiger partial charge in [-0.15, -0.1) is 5.92 Å². The van der Waals surface area contributed by atoms with Crippen molar-refractivity contribution >= 4 is 45.3 Å². The predicted octanol–water partition coefficient (Wildman–Crippen LogP) is 9.80. The van der Waals surface area contributed by atoms with E-state index in [2.05, 4.69) is 52.9 Å². The fourth-order valence-electron chi connectivity index (χ4n) is 20.4. The average molecular weight is 1160 g/mol. The zero-order valence-electron chi connectivity index (χ0n) is 48.0. The van der Waals surface area contributed by atoms with Crippen LogP contribution in [0.1, 0.15) is 155 Å². The van der Waals surface area contributed by atoms with E-state index < -0.39 is 17.4 Å². The molecule has 10 aliphatic carbocycles. The summed E-state index contributed by atoms with van der Waals surface area (Å²) in [4.78, 5) is 59.9. The van der Waals surface area contributed by atoms with Gasteiger partial charge in [0.1, 0.15) is 11.5 Å². The Kier molecular flexibility index (Phi) is 15.4. The standard InChI is InChI=1S/C67H86N4O9S2/c1-2-66(24-5-6-25-66)50-17-13-43-31-48-46-22-26-67(59(48)58-56(43)62(50)80-64(58)77)52-19-16-47(44-15-12-37-28-39(35-73)29-38(34-72)8-7-10-41(44)30-37)63(70-51-18-14-40-9-3-4-11-45(40)61(51)76)82-81-36-69-53-32-42(23-27-68-53)49(57(46)60(67)65(78)79-52)33-71-54(74)20-21-55(71)75/h19-21,23,32,37-41,43-49,51,59,61,63,68-70,72-73,76H,2-6,9-18,22,24-31,33-36H2,1H3. The minimum atomic E-state index is -0.991. The highest BCUT2D eigenvalue weighted by atomic mass is 33.1. The van der Waals surface area contributed by atoms with E-state index in [0.29, 0.717) is 61.3 Å². The number of esters is 2. The number of fused-ring (bicyclic) bond motifs is 5. The van der Waals surface area contributed by atoms with E-state index >= 15 is 9.59 Å². The van der Waals surface area contributed by atoms with Crippen molar-refractivity contribution in [3.63, 3.8) is 0 Å². The van der Waals surface area contributed by atoms with Gasteiger partial charge in [0.25, 0.3) is 11.8 Å². The van der Waals surface area contributed by atoms with Crippen LogP contribution in [0.4, 0.5) is 0 Å². The Morgan fingerprint density at radius 3 is 2.46 bits per heavy atom. The van der Waals surface area contributed by atoms with Gasteiger partial charge in [0.15, 0.2) is 0 Å². The second-order valence-corrected chi connectivity index (χ2v) is 30.1. The Labute approximate surface area is 492 Å². The van der Waals surface area contributed by atoms with E-state index in [0.717, 1.165) is 130 Å². The largest absolute Gasteiger partial charge is 0.427 e. The summed E-state index contributed by atoms with van der Waals surface area (Å²) in [5, 5.41) is 45.0. The molecule has 15 heteroatoms. The van der Waals surface area contributed by atoms with Crippen molar-refractivity contribution in [2.75, 3.05) is 32.2 Å². The molecule has 2 amide bonds. The molecule has 1 spiro atoms. The molecule has 82 heavy (non-hydrogen) atoms. The monoisotopic (exact) mass is 1150 g/mol. The lowest BCUT2D eigenvalue weighted by molar-refractivity contribution is -0.138. The molecule has 17 unspecified atom stereocenters. The van der Waals surface area contributed by atoms with Gasteiger partial charge in [0, 0.05) is 73.2 Å². The lowest BCUT2D eigenvalue weighted by atomic mass is 9.42. The van der Waals surface area contributed by atoms with Crippen molar-refractivity contribution in [3.05, 3.63) is 81.2 Å². The number of aliphatic hydroxyl groups is 3. The number of carbonyl (C=O) groups is 4. The van der Waals surface area contributed by atoms with Gasteiger partial charge in [0.05, 0.1) is 40.8 Å². The highest BCUT2D eigenvalue weighted by molar-refractivity contribution is 8.76. The van der Waals surface area contributed by atoms with Crippen molar-refractivity contribution in [1.29, 1.82) is 0 Å². The summed E-state index contributed by atoms with van der Waals surface area (Å²) < 4.78 is 13.8. The molecular weight excluding hydrogens is 1070 g/mol. The first-order valence-electron chi connectivity index (χ1n) is 32.2. The van der Waals surface area contributed by atoms with E-state index in [-0.39, 0.29) is 120 Å². The van der Waals surface area contributed by atoms with Crippen LogP contribution in [0.15, 0.2) is 81.2 Å². The molecule has 0 aromatic carbocycles. The van der Waals surface area contributed by atoms with Crippen molar-refractivity contribution in [3.8, 4) is 11.8 Å². The van der Waals surface area contributed by atoms with Crippen molar-refractivity contribution < 1.29 is 44.0 Å². The topological polar surface area (TPSA) is 187 Å². The number of hydrogen-bond donors (Lipinski definition) is 6. The summed E-state index contributed by atoms with van der Waals surface area (Å²) in [5.74, 6) is 9.45. The number of carbonyl (C=O) groups excluding carboxylic acids is 4. The Morgan fingerprint density at radius 2 is 1.65 bits per heavy atom. The fraction of sp³-hybridized carbons (Fsp3) is 0.701. The van der Waals surface area contributed by atoms with Crippen LogP contribution in [0.3, 0.4) is 0 Å². The number of dihydropyridines is 1. The molecule has 13 nitrogen and oxygen atoms in total. The van der Waals surface area contributed by atoms with Gasteiger partial charge in [-0.1, -0.05) is 79.0 Å². The maximum Gasteiger partial charge on any atom is 0.340 e. The minimum absolute atomic E-state index is 0.0146. The Balaban J connectivity index is 0.942. The van der Waals surface area contributed by atoms with Crippen LogP contribution in [0.5, 0.6) is 0 Å². The Bertz CT molecular complexity index is 2900. The Hall–Kier alpha value is -4.04. The summed E-state index contributed by atoms with van der Waals surface area (Å²) in [7, 11) is 3.62. The molecule has 0 radical (unpaired) electrons. The summed E-state index contributed by atoms with van der Waals surface area (Å²) in [6.45, 7) is 2.98. The molecule has 15 rings (SSSR count). The van der Waals surface area contributed by atoms with Gasteiger partial charge >= 0.3 is 11.9 Å². The fourth-order valence-corrected chi connectivity index (χ4v) is 22.9. The van der Waals surface area contributed by atoms with Crippen LogP contribution in [0, 0.1) is 99.6 Å². The number of hydrogen-bond acceptors (Lipinski definition) is 14. The van der Waals surface area contributed by atoms with Gasteiger partial charge in [0.2, 0.25) is 0 Å². The molecule has 440 valence electrons. The molecule has 0 aromatic heterocycles. The first-order valence-corrected chi connectivity index (χ1v) is 34.6. The molecule has 0 aromatic rings. The molecule has 5 aliphatic heterocycles. The third-order valence-corrected chi connectivity index (χ3v) is 26.5. The van der Waals surface area contributed by atoms with Crippen LogP contribution in [-0.4, -0.2) is 93.7 Å². The van der Waals surface area contributed by atoms with Crippen LogP contribution in [0.2, 0.25) is 0 Å². The van der Waals surface area contributed by atoms with Gasteiger partial charge in [-0.2, -0.15) is 0 Å². The molecular formula is C67H86N4O9S2. The number of amides is 2. The van der Waals surface area contributed by atoms with Crippen molar-refractivity contribution in [2.24, 2.45) is 87.8 Å². The SMILES string of the molecule is CCC1(C2=C3OC(=O)C4=C3C(CC2)CC2C3CCC5(C6=CCC(C7CCC8CC(CO)CC(CO)C#CCC7C8)C(NC7CCC8CCCCC8C7O)SSCNC7=CC(=CCN7)C(CN7C(=O)C=CC7=O)C3=C5C(=O)O6)C42)CCCC1. The van der Waals surface area contributed by atoms with E-state index in [1.165, 1.54) is 48.3 Å². The van der Waals surface area contributed by atoms with E-state index in [1.807, 2.05) is 10.8 Å². The number of allylic oxidation sites excluding steroid dienone is 5. The van der Waals surface area contributed by atoms with Gasteiger partial charge in [-0.3, -0.25) is 19.8 Å². The quantitative estimate of drug-likeness (QED) is 0.0555. The van der Waals surface area contributed by atoms with Crippen LogP contribution in [-0.2, 0) is 28.7 Å². The lowest BCUT2D eigenvalue weighted by Crippen LogP contribution is -2.55. The highest BCUT2D eigenvalue weighted by Gasteiger charge is 2.70. The number of imide groups is 1. The number of rotatable bonds is 9. The van der Waals surface area contributed by atoms with Gasteiger partial charge in [-0.25, -0.2) is 9.59 Å². The summed E-state index contributed by atoms with van der Waals surface area (Å²) in [5.41, 5.74) is 4.79. The van der Waals surface area contributed by atoms with Crippen molar-refractivity contribution in [2.45, 2.75) is 172 Å². The second kappa shape index (κ2) is 22.7. The highest BCUT2D eigenvalue weighted by Crippen LogP contribution is 2.73. The first-order chi connectivity index (χ1) is 40.0. The summed E-state index contributed by atoms with van der Waals surface area (Å²) in [6.07, 6.45) is 31.2. The van der Waals surface area contributed by atoms with Crippen molar-refractivity contribution in [1.82, 2.24) is 20.9 Å². The maximum atomic E-state index is 15.8. The molecule has 5 saturated carbocycles. The number of ether oxygens (including phenoxy) is 2. The molecule has 6 N–H and O–H groups in total. The number of aliphatic hydroxyl groups excluding tert-OH is 3. The normalized spacial score (nSPS) is 41.3. The third-order valence-electron chi connectivity index (χ3n) is 24.0. The second-order valence-electron chi connectivity index (χ2n) is 27.6. The average Bonchev–Trinajstić information content (AvgIpc) is 3.28. The maximum absolute atomic E-state index is 15.8. The molecule has 9 bridgehead atoms. The predicted molar refractivity (Wildman–Crippen MR) is 315 cm³/mol. The molecule has 1 saturated heterocycles. The summed E-state index contributed by atoms with van der Waals surface area (Å²) in [6, 6.07) is -0.0797. The van der Waals surface area contributed by atoms with Crippen LogP contribution >= 0.6 is 21.6 Å². The minimum Gasteiger partial charge on any atom is -0.427 e. The van der Waals surface area contributed by atoms with Gasteiger partial charge in [-0.05, 0) is 196 Å². The zero-order chi connectivity index (χ0) is 56.0. The lowest BCUT2D eigenvalue weighted by Gasteiger charge is -2.58. The molecule has 6 fully saturated rings. The molecule has 5 heterocycles. The van der Waals surface area contributed by atoms with E-state index in [1.54, 1.807) is 10.8 Å². The third kappa shape index (κ3) is 9.41. The zero-order valence-corrected chi connectivity index (χ0v) is 49.6. The Morgan fingerprint density at radius 1 is 0.805 bits per heavy atom.